The van der Waals surface area contributed by atoms with E-state index in [1.807, 2.05) is 43.0 Å². The van der Waals surface area contributed by atoms with Gasteiger partial charge in [0, 0.05) is 22.9 Å². The zero-order valence-corrected chi connectivity index (χ0v) is 16.6. The van der Waals surface area contributed by atoms with Crippen molar-refractivity contribution in [3.8, 4) is 5.75 Å². The first-order valence-corrected chi connectivity index (χ1v) is 10.3. The molecule has 2 aromatic carbocycles. The van der Waals surface area contributed by atoms with E-state index < -0.39 is 0 Å². The van der Waals surface area contributed by atoms with Gasteiger partial charge in [0.15, 0.2) is 0 Å². The van der Waals surface area contributed by atoms with Gasteiger partial charge in [-0.25, -0.2) is 0 Å². The van der Waals surface area contributed by atoms with Crippen molar-refractivity contribution in [1.82, 2.24) is 5.32 Å². The molecule has 0 saturated carbocycles. The maximum Gasteiger partial charge on any atom is 0.233 e. The first kappa shape index (κ1) is 19.7. The maximum absolute atomic E-state index is 12.2. The number of amides is 1. The molecule has 25 heavy (non-hydrogen) atoms. The number of carbonyl (C=O) groups is 1. The monoisotopic (exact) mass is 375 g/mol. The molecule has 1 amide bonds. The summed E-state index contributed by atoms with van der Waals surface area (Å²) >= 11 is 3.40. The van der Waals surface area contributed by atoms with Gasteiger partial charge >= 0.3 is 0 Å². The lowest BCUT2D eigenvalue weighted by molar-refractivity contribution is -0.120. The molecule has 0 bridgehead atoms. The Bertz CT molecular complexity index is 674. The van der Waals surface area contributed by atoms with Crippen molar-refractivity contribution in [1.29, 1.82) is 0 Å². The second-order valence-corrected chi connectivity index (χ2v) is 8.29. The smallest absolute Gasteiger partial charge is 0.233 e. The minimum Gasteiger partial charge on any atom is -0.497 e. The summed E-state index contributed by atoms with van der Waals surface area (Å²) < 4.78 is 5.15. The first-order chi connectivity index (χ1) is 12.1. The Labute approximate surface area is 158 Å². The van der Waals surface area contributed by atoms with E-state index in [1.54, 1.807) is 18.9 Å². The van der Waals surface area contributed by atoms with Gasteiger partial charge in [-0.1, -0.05) is 29.8 Å². The van der Waals surface area contributed by atoms with Crippen LogP contribution < -0.4 is 10.1 Å². The molecule has 1 atom stereocenters. The summed E-state index contributed by atoms with van der Waals surface area (Å²) in [6.07, 6.45) is 0. The number of methoxy groups -OCH3 is 1. The standard InChI is InChI=1S/C20H25NO2S2/c1-15-5-4-6-17(13-15)14-24-12-11-21-20(22)16(2)25-19-9-7-18(23-3)8-10-19/h4-10,13,16H,11-12,14H2,1-3H3,(H,21,22)/t16-/m0/s1. The lowest BCUT2D eigenvalue weighted by atomic mass is 10.2. The Morgan fingerprint density at radius 1 is 1.20 bits per heavy atom. The number of thioether (sulfide) groups is 2. The normalized spacial score (nSPS) is 11.8. The van der Waals surface area contributed by atoms with Crippen LogP contribution in [0.3, 0.4) is 0 Å². The lowest BCUT2D eigenvalue weighted by Crippen LogP contribution is -2.32. The number of aryl methyl sites for hydroxylation is 1. The van der Waals surface area contributed by atoms with E-state index in [1.165, 1.54) is 11.1 Å². The molecule has 2 aromatic rings. The van der Waals surface area contributed by atoms with Crippen molar-refractivity contribution in [3.63, 3.8) is 0 Å². The summed E-state index contributed by atoms with van der Waals surface area (Å²) in [5.74, 6) is 2.80. The number of hydrogen-bond donors (Lipinski definition) is 1. The zero-order valence-electron chi connectivity index (χ0n) is 15.0. The Hall–Kier alpha value is -1.59. The number of nitrogens with one attached hydrogen (secondary N) is 1. The quantitative estimate of drug-likeness (QED) is 0.516. The third-order valence-electron chi connectivity index (χ3n) is 3.64. The molecule has 0 aliphatic heterocycles. The van der Waals surface area contributed by atoms with E-state index in [2.05, 4.69) is 36.5 Å². The Morgan fingerprint density at radius 2 is 1.96 bits per heavy atom. The van der Waals surface area contributed by atoms with Crippen LogP contribution in [0.4, 0.5) is 0 Å². The molecular weight excluding hydrogens is 350 g/mol. The van der Waals surface area contributed by atoms with Gasteiger partial charge in [0.1, 0.15) is 5.75 Å². The fourth-order valence-corrected chi connectivity index (χ4v) is 3.99. The van der Waals surface area contributed by atoms with E-state index in [-0.39, 0.29) is 11.2 Å². The van der Waals surface area contributed by atoms with Crippen LogP contribution in [0.25, 0.3) is 0 Å². The van der Waals surface area contributed by atoms with Crippen molar-refractivity contribution in [2.75, 3.05) is 19.4 Å². The summed E-state index contributed by atoms with van der Waals surface area (Å²) in [6.45, 7) is 4.74. The number of rotatable bonds is 9. The predicted octanol–water partition coefficient (Wildman–Crippen LogP) is 4.53. The van der Waals surface area contributed by atoms with Crippen LogP contribution in [0.15, 0.2) is 53.4 Å². The van der Waals surface area contributed by atoms with Gasteiger partial charge < -0.3 is 10.1 Å². The summed E-state index contributed by atoms with van der Waals surface area (Å²) in [6, 6.07) is 16.3. The molecular formula is C20H25NO2S2. The molecule has 0 heterocycles. The van der Waals surface area contributed by atoms with Crippen LogP contribution in [-0.4, -0.2) is 30.6 Å². The van der Waals surface area contributed by atoms with Crippen molar-refractivity contribution in [2.45, 2.75) is 29.7 Å². The largest absolute Gasteiger partial charge is 0.497 e. The molecule has 0 unspecified atom stereocenters. The fraction of sp³-hybridized carbons (Fsp3) is 0.350. The topological polar surface area (TPSA) is 38.3 Å². The molecule has 2 rings (SSSR count). The summed E-state index contributed by atoms with van der Waals surface area (Å²) in [5, 5.41) is 2.90. The summed E-state index contributed by atoms with van der Waals surface area (Å²) in [4.78, 5) is 13.2. The van der Waals surface area contributed by atoms with Crippen LogP contribution in [-0.2, 0) is 10.5 Å². The number of benzene rings is 2. The minimum atomic E-state index is -0.116. The highest BCUT2D eigenvalue weighted by atomic mass is 32.2. The van der Waals surface area contributed by atoms with Crippen molar-refractivity contribution in [3.05, 3.63) is 59.7 Å². The second kappa shape index (κ2) is 10.4. The lowest BCUT2D eigenvalue weighted by Gasteiger charge is -2.12. The molecule has 0 radical (unpaired) electrons. The van der Waals surface area contributed by atoms with Crippen LogP contribution >= 0.6 is 23.5 Å². The van der Waals surface area contributed by atoms with Gasteiger partial charge in [-0.15, -0.1) is 11.8 Å². The molecule has 134 valence electrons. The molecule has 5 heteroatoms. The molecule has 0 aromatic heterocycles. The average Bonchev–Trinajstić information content (AvgIpc) is 2.62. The Morgan fingerprint density at radius 3 is 2.64 bits per heavy atom. The second-order valence-electron chi connectivity index (χ2n) is 5.77. The molecule has 0 aliphatic carbocycles. The van der Waals surface area contributed by atoms with Crippen LogP contribution in [0.2, 0.25) is 0 Å². The molecule has 0 spiro atoms. The van der Waals surface area contributed by atoms with E-state index >= 15 is 0 Å². The average molecular weight is 376 g/mol. The van der Waals surface area contributed by atoms with E-state index in [4.69, 9.17) is 4.74 Å². The van der Waals surface area contributed by atoms with Gasteiger partial charge in [0.25, 0.3) is 0 Å². The maximum atomic E-state index is 12.2. The van der Waals surface area contributed by atoms with E-state index in [0.717, 1.165) is 22.2 Å². The van der Waals surface area contributed by atoms with E-state index in [0.29, 0.717) is 6.54 Å². The number of ether oxygens (including phenoxy) is 1. The predicted molar refractivity (Wildman–Crippen MR) is 109 cm³/mol. The molecule has 0 fully saturated rings. The molecule has 0 aliphatic rings. The third kappa shape index (κ3) is 7.04. The van der Waals surface area contributed by atoms with Gasteiger partial charge in [-0.05, 0) is 43.7 Å². The van der Waals surface area contributed by atoms with Crippen LogP contribution in [0, 0.1) is 6.92 Å². The van der Waals surface area contributed by atoms with Crippen molar-refractivity contribution < 1.29 is 9.53 Å². The fourth-order valence-electron chi connectivity index (χ4n) is 2.29. The SMILES string of the molecule is COc1ccc(S[C@@H](C)C(=O)NCCSCc2cccc(C)c2)cc1. The van der Waals surface area contributed by atoms with Crippen molar-refractivity contribution >= 4 is 29.4 Å². The highest BCUT2D eigenvalue weighted by Gasteiger charge is 2.13. The third-order valence-corrected chi connectivity index (χ3v) is 5.78. The van der Waals surface area contributed by atoms with E-state index in [9.17, 15) is 4.79 Å². The molecule has 1 N–H and O–H groups in total. The van der Waals surface area contributed by atoms with Crippen LogP contribution in [0.5, 0.6) is 5.75 Å². The minimum absolute atomic E-state index is 0.0805. The van der Waals surface area contributed by atoms with Crippen LogP contribution in [0.1, 0.15) is 18.1 Å². The Kier molecular flexibility index (Phi) is 8.22. The summed E-state index contributed by atoms with van der Waals surface area (Å²) in [5.41, 5.74) is 2.62. The van der Waals surface area contributed by atoms with Gasteiger partial charge in [0.05, 0.1) is 12.4 Å². The van der Waals surface area contributed by atoms with Crippen molar-refractivity contribution in [2.24, 2.45) is 0 Å². The summed E-state index contributed by atoms with van der Waals surface area (Å²) in [7, 11) is 1.65. The first-order valence-electron chi connectivity index (χ1n) is 8.30. The van der Waals surface area contributed by atoms with Gasteiger partial charge in [0.2, 0.25) is 5.91 Å². The Balaban J connectivity index is 1.65. The van der Waals surface area contributed by atoms with Gasteiger partial charge in [-0.2, -0.15) is 11.8 Å². The molecule has 0 saturated heterocycles. The molecule has 3 nitrogen and oxygen atoms in total. The van der Waals surface area contributed by atoms with Gasteiger partial charge in [-0.3, -0.25) is 4.79 Å². The highest BCUT2D eigenvalue weighted by Crippen LogP contribution is 2.25. The highest BCUT2D eigenvalue weighted by molar-refractivity contribution is 8.00. The number of hydrogen-bond acceptors (Lipinski definition) is 4. The zero-order chi connectivity index (χ0) is 18.1. The number of carbonyl (C=O) groups excluding carboxylic acids is 1.